The molecule has 0 aliphatic rings. The normalized spacial score (nSPS) is 12.7. The van der Waals surface area contributed by atoms with Crippen LogP contribution in [0, 0.1) is 5.82 Å². The maximum Gasteiger partial charge on any atom is 0.126 e. The summed E-state index contributed by atoms with van der Waals surface area (Å²) in [7, 11) is 0. The molecule has 0 heterocycles. The van der Waals surface area contributed by atoms with Crippen LogP contribution in [-0.2, 0) is 6.42 Å². The predicted octanol–water partition coefficient (Wildman–Crippen LogP) is 4.14. The Balaban J connectivity index is 2.65. The third-order valence-electron chi connectivity index (χ3n) is 2.68. The Morgan fingerprint density at radius 2 is 2.17 bits per heavy atom. The fraction of sp³-hybridized carbons (Fsp3) is 0.571. The molecule has 4 heteroatoms. The van der Waals surface area contributed by atoms with Gasteiger partial charge in [-0.3, -0.25) is 0 Å². The van der Waals surface area contributed by atoms with Crippen LogP contribution in [0.2, 0.25) is 5.02 Å². The molecule has 1 unspecified atom stereocenters. The first-order valence-corrected chi connectivity index (χ1v) is 7.95. The predicted molar refractivity (Wildman–Crippen MR) is 80.2 cm³/mol. The first kappa shape index (κ1) is 15.8. The van der Waals surface area contributed by atoms with Crippen LogP contribution < -0.4 is 5.32 Å². The third kappa shape index (κ3) is 5.59. The Bertz CT molecular complexity index is 352. The number of halogens is 2. The Labute approximate surface area is 118 Å². The van der Waals surface area contributed by atoms with Crippen molar-refractivity contribution in [1.82, 2.24) is 5.32 Å². The first-order chi connectivity index (χ1) is 8.67. The Morgan fingerprint density at radius 1 is 1.39 bits per heavy atom. The summed E-state index contributed by atoms with van der Waals surface area (Å²) in [6.07, 6.45) is 1.78. The van der Waals surface area contributed by atoms with Gasteiger partial charge in [-0.25, -0.2) is 4.39 Å². The standard InChI is InChI=1S/C14H21ClFNS/c1-3-7-17-13(10-18-4-2)9-11-8-12(15)5-6-14(11)16/h5-6,8,13,17H,3-4,7,9-10H2,1-2H3. The molecule has 0 amide bonds. The molecule has 1 aromatic rings. The van der Waals surface area contributed by atoms with Gasteiger partial charge in [-0.15, -0.1) is 0 Å². The second kappa shape index (κ2) is 8.78. The number of nitrogens with one attached hydrogen (secondary N) is 1. The van der Waals surface area contributed by atoms with E-state index in [0.29, 0.717) is 23.0 Å². The number of hydrogen-bond donors (Lipinski definition) is 1. The molecule has 1 N–H and O–H groups in total. The lowest BCUT2D eigenvalue weighted by molar-refractivity contribution is 0.530. The van der Waals surface area contributed by atoms with E-state index in [1.807, 2.05) is 11.8 Å². The highest BCUT2D eigenvalue weighted by atomic mass is 35.5. The SMILES string of the molecule is CCCNC(CSCC)Cc1cc(Cl)ccc1F. The first-order valence-electron chi connectivity index (χ1n) is 6.42. The minimum Gasteiger partial charge on any atom is -0.313 e. The average molecular weight is 290 g/mol. The van der Waals surface area contributed by atoms with Crippen LogP contribution in [0.5, 0.6) is 0 Å². The van der Waals surface area contributed by atoms with Gasteiger partial charge in [-0.05, 0) is 48.9 Å². The van der Waals surface area contributed by atoms with Crippen LogP contribution in [0.1, 0.15) is 25.8 Å². The zero-order chi connectivity index (χ0) is 13.4. The second-order valence-electron chi connectivity index (χ2n) is 4.25. The molecule has 0 saturated carbocycles. The third-order valence-corrected chi connectivity index (χ3v) is 3.96. The summed E-state index contributed by atoms with van der Waals surface area (Å²) in [6.45, 7) is 5.25. The van der Waals surface area contributed by atoms with Crippen molar-refractivity contribution in [2.45, 2.75) is 32.7 Å². The average Bonchev–Trinajstić information content (AvgIpc) is 2.37. The second-order valence-corrected chi connectivity index (χ2v) is 6.01. The molecule has 102 valence electrons. The van der Waals surface area contributed by atoms with E-state index in [4.69, 9.17) is 11.6 Å². The van der Waals surface area contributed by atoms with Crippen molar-refractivity contribution in [3.05, 3.63) is 34.6 Å². The molecular formula is C14H21ClFNS. The van der Waals surface area contributed by atoms with Crippen molar-refractivity contribution >= 4 is 23.4 Å². The Kier molecular flexibility index (Phi) is 7.71. The maximum absolute atomic E-state index is 13.7. The van der Waals surface area contributed by atoms with Gasteiger partial charge in [0.15, 0.2) is 0 Å². The van der Waals surface area contributed by atoms with Gasteiger partial charge < -0.3 is 5.32 Å². The molecule has 0 radical (unpaired) electrons. The van der Waals surface area contributed by atoms with Crippen LogP contribution in [0.15, 0.2) is 18.2 Å². The summed E-state index contributed by atoms with van der Waals surface area (Å²) in [5.41, 5.74) is 0.702. The molecule has 0 saturated heterocycles. The Morgan fingerprint density at radius 3 is 2.83 bits per heavy atom. The van der Waals surface area contributed by atoms with Crippen LogP contribution in [0.3, 0.4) is 0 Å². The summed E-state index contributed by atoms with van der Waals surface area (Å²) >= 11 is 7.79. The fourth-order valence-electron chi connectivity index (χ4n) is 1.76. The fourth-order valence-corrected chi connectivity index (χ4v) is 2.71. The molecule has 1 nitrogen and oxygen atoms in total. The topological polar surface area (TPSA) is 12.0 Å². The molecule has 0 aliphatic carbocycles. The highest BCUT2D eigenvalue weighted by Crippen LogP contribution is 2.17. The lowest BCUT2D eigenvalue weighted by Crippen LogP contribution is -2.34. The Hall–Kier alpha value is -0.250. The smallest absolute Gasteiger partial charge is 0.126 e. The van der Waals surface area contributed by atoms with E-state index in [-0.39, 0.29) is 5.82 Å². The van der Waals surface area contributed by atoms with Crippen molar-refractivity contribution in [3.63, 3.8) is 0 Å². The molecule has 0 aromatic heterocycles. The van der Waals surface area contributed by atoms with Gasteiger partial charge in [-0.1, -0.05) is 25.4 Å². The molecular weight excluding hydrogens is 269 g/mol. The summed E-state index contributed by atoms with van der Waals surface area (Å²) in [6, 6.07) is 5.08. The zero-order valence-electron chi connectivity index (χ0n) is 11.0. The highest BCUT2D eigenvalue weighted by molar-refractivity contribution is 7.99. The van der Waals surface area contributed by atoms with Crippen LogP contribution in [0.4, 0.5) is 4.39 Å². The molecule has 18 heavy (non-hydrogen) atoms. The van der Waals surface area contributed by atoms with E-state index in [2.05, 4.69) is 19.2 Å². The van der Waals surface area contributed by atoms with Gasteiger partial charge >= 0.3 is 0 Å². The summed E-state index contributed by atoms with van der Waals surface area (Å²) in [4.78, 5) is 0. The number of thioether (sulfide) groups is 1. The number of rotatable bonds is 8. The van der Waals surface area contributed by atoms with E-state index < -0.39 is 0 Å². The van der Waals surface area contributed by atoms with E-state index in [0.717, 1.165) is 24.5 Å². The van der Waals surface area contributed by atoms with E-state index in [1.54, 1.807) is 12.1 Å². The summed E-state index contributed by atoms with van der Waals surface area (Å²) in [5.74, 6) is 1.93. The largest absolute Gasteiger partial charge is 0.313 e. The maximum atomic E-state index is 13.7. The minimum absolute atomic E-state index is 0.163. The van der Waals surface area contributed by atoms with E-state index >= 15 is 0 Å². The quantitative estimate of drug-likeness (QED) is 0.772. The van der Waals surface area contributed by atoms with Gasteiger partial charge in [-0.2, -0.15) is 11.8 Å². The van der Waals surface area contributed by atoms with Gasteiger partial charge in [0, 0.05) is 16.8 Å². The van der Waals surface area contributed by atoms with Gasteiger partial charge in [0.1, 0.15) is 5.82 Å². The van der Waals surface area contributed by atoms with Crippen molar-refractivity contribution < 1.29 is 4.39 Å². The summed E-state index contributed by atoms with van der Waals surface area (Å²) < 4.78 is 13.7. The van der Waals surface area contributed by atoms with Gasteiger partial charge in [0.25, 0.3) is 0 Å². The monoisotopic (exact) mass is 289 g/mol. The molecule has 0 fully saturated rings. The van der Waals surface area contributed by atoms with Gasteiger partial charge in [0.2, 0.25) is 0 Å². The molecule has 0 spiro atoms. The van der Waals surface area contributed by atoms with Crippen LogP contribution in [-0.4, -0.2) is 24.1 Å². The van der Waals surface area contributed by atoms with Crippen molar-refractivity contribution in [2.24, 2.45) is 0 Å². The van der Waals surface area contributed by atoms with Crippen molar-refractivity contribution in [2.75, 3.05) is 18.1 Å². The minimum atomic E-state index is -0.163. The number of hydrogen-bond acceptors (Lipinski definition) is 2. The molecule has 1 rings (SSSR count). The molecule has 0 aliphatic heterocycles. The lowest BCUT2D eigenvalue weighted by atomic mass is 10.1. The van der Waals surface area contributed by atoms with Gasteiger partial charge in [0.05, 0.1) is 0 Å². The van der Waals surface area contributed by atoms with E-state index in [1.165, 1.54) is 6.07 Å². The molecule has 1 aromatic carbocycles. The van der Waals surface area contributed by atoms with Crippen LogP contribution >= 0.6 is 23.4 Å². The highest BCUT2D eigenvalue weighted by Gasteiger charge is 2.12. The molecule has 0 bridgehead atoms. The lowest BCUT2D eigenvalue weighted by Gasteiger charge is -2.18. The van der Waals surface area contributed by atoms with Crippen molar-refractivity contribution in [1.29, 1.82) is 0 Å². The number of benzene rings is 1. The van der Waals surface area contributed by atoms with Crippen LogP contribution in [0.25, 0.3) is 0 Å². The summed E-state index contributed by atoms with van der Waals surface area (Å²) in [5, 5.41) is 4.07. The zero-order valence-corrected chi connectivity index (χ0v) is 12.6. The van der Waals surface area contributed by atoms with Crippen molar-refractivity contribution in [3.8, 4) is 0 Å². The molecule has 1 atom stereocenters. The van der Waals surface area contributed by atoms with E-state index in [9.17, 15) is 4.39 Å².